The molecule has 0 saturated carbocycles. The van der Waals surface area contributed by atoms with Gasteiger partial charge in [-0.15, -0.1) is 0 Å². The summed E-state index contributed by atoms with van der Waals surface area (Å²) in [6.07, 6.45) is 6.14. The summed E-state index contributed by atoms with van der Waals surface area (Å²) in [5.41, 5.74) is 9.21. The van der Waals surface area contributed by atoms with Gasteiger partial charge in [-0.1, -0.05) is 98.8 Å². The normalized spacial score (nSPS) is 11.1. The first-order valence-corrected chi connectivity index (χ1v) is 15.1. The maximum atomic E-state index is 11.4. The van der Waals surface area contributed by atoms with Crippen molar-refractivity contribution < 1.29 is 14.3 Å². The zero-order chi connectivity index (χ0) is 30.9. The third-order valence-electron chi connectivity index (χ3n) is 7.95. The Kier molecular flexibility index (Phi) is 9.88. The molecule has 0 fully saturated rings. The lowest BCUT2D eigenvalue weighted by Gasteiger charge is -2.10. The number of benzene rings is 4. The van der Waals surface area contributed by atoms with Crippen molar-refractivity contribution >= 4 is 40.1 Å². The Morgan fingerprint density at radius 1 is 0.659 bits per heavy atom. The number of carbonyl (C=O) groups excluding carboxylic acids is 2. The lowest BCUT2D eigenvalue weighted by Crippen LogP contribution is -2.03. The molecule has 0 N–H and O–H groups in total. The Morgan fingerprint density at radius 3 is 1.59 bits per heavy atom. The molecular formula is C39H38N2O3. The van der Waals surface area contributed by atoms with Crippen LogP contribution in [0.15, 0.2) is 115 Å². The molecule has 6 aromatic rings. The van der Waals surface area contributed by atoms with E-state index in [9.17, 15) is 9.59 Å². The van der Waals surface area contributed by atoms with Crippen LogP contribution in [0.5, 0.6) is 0 Å². The zero-order valence-corrected chi connectivity index (χ0v) is 25.6. The van der Waals surface area contributed by atoms with Crippen LogP contribution in [0.4, 0.5) is 0 Å². The number of hydrogen-bond donors (Lipinski definition) is 0. The number of aldehydes is 1. The first kappa shape index (κ1) is 30.3. The molecule has 222 valence electrons. The van der Waals surface area contributed by atoms with Crippen LogP contribution in [0, 0.1) is 0 Å². The number of hydrogen-bond acceptors (Lipinski definition) is 3. The summed E-state index contributed by atoms with van der Waals surface area (Å²) < 4.78 is 9.33. The summed E-state index contributed by atoms with van der Waals surface area (Å²) in [7, 11) is 1.39. The highest BCUT2D eigenvalue weighted by atomic mass is 16.5. The van der Waals surface area contributed by atoms with Crippen molar-refractivity contribution in [3.63, 3.8) is 0 Å². The van der Waals surface area contributed by atoms with Crippen molar-refractivity contribution in [1.29, 1.82) is 0 Å². The van der Waals surface area contributed by atoms with Crippen LogP contribution in [0.1, 0.15) is 52.3 Å². The number of aryl methyl sites for hydroxylation is 2. The molecule has 0 spiro atoms. The second-order valence-electron chi connectivity index (χ2n) is 10.7. The second-order valence-corrected chi connectivity index (χ2v) is 10.7. The lowest BCUT2D eigenvalue weighted by molar-refractivity contribution is -0.134. The van der Waals surface area contributed by atoms with E-state index in [1.165, 1.54) is 41.2 Å². The molecule has 6 rings (SSSR count). The summed E-state index contributed by atoms with van der Waals surface area (Å²) >= 11 is 0. The fourth-order valence-corrected chi connectivity index (χ4v) is 5.69. The van der Waals surface area contributed by atoms with Crippen molar-refractivity contribution in [2.45, 2.75) is 39.8 Å². The number of fused-ring (bicyclic) bond motifs is 2. The smallest absolute Gasteiger partial charge is 0.330 e. The number of methoxy groups -OCH3 is 1. The third kappa shape index (κ3) is 6.73. The first-order chi connectivity index (χ1) is 21.6. The Morgan fingerprint density at radius 2 is 1.14 bits per heavy atom. The summed E-state index contributed by atoms with van der Waals surface area (Å²) in [4.78, 5) is 22.6. The number of ether oxygens (including phenoxy) is 1. The fraction of sp³-hybridized carbons (Fsp3) is 0.179. The maximum Gasteiger partial charge on any atom is 0.330 e. The van der Waals surface area contributed by atoms with E-state index in [4.69, 9.17) is 0 Å². The van der Waals surface area contributed by atoms with Gasteiger partial charge in [0.15, 0.2) is 6.29 Å². The standard InChI is InChI=1S/C21H21NO2.C18H17NO/c1-3-18-14-19-17(12-13-21(23)24-2)10-7-11-20(19)22(18)15-16-8-5-4-6-9-16;1-2-16-11-17-15(13-20)9-6-10-18(17)19(16)12-14-7-4-3-5-8-14/h4-14H,3,15H2,1-2H3;3-11,13H,2,12H2,1H3/b13-12+;. The van der Waals surface area contributed by atoms with E-state index in [0.717, 1.165) is 59.6 Å². The second kappa shape index (κ2) is 14.3. The summed E-state index contributed by atoms with van der Waals surface area (Å²) in [6, 6.07) is 37.3. The molecule has 5 heteroatoms. The fourth-order valence-electron chi connectivity index (χ4n) is 5.69. The molecule has 2 aromatic heterocycles. The van der Waals surface area contributed by atoms with Crippen LogP contribution < -0.4 is 0 Å². The molecule has 5 nitrogen and oxygen atoms in total. The summed E-state index contributed by atoms with van der Waals surface area (Å²) in [6.45, 7) is 6.00. The number of carbonyl (C=O) groups is 2. The predicted octanol–water partition coefficient (Wildman–Crippen LogP) is 8.50. The zero-order valence-electron chi connectivity index (χ0n) is 25.6. The lowest BCUT2D eigenvalue weighted by atomic mass is 10.1. The van der Waals surface area contributed by atoms with Gasteiger partial charge in [-0.3, -0.25) is 4.79 Å². The van der Waals surface area contributed by atoms with Crippen LogP contribution in [-0.2, 0) is 35.5 Å². The molecule has 4 aromatic carbocycles. The molecule has 0 aliphatic carbocycles. The van der Waals surface area contributed by atoms with E-state index in [-0.39, 0.29) is 5.97 Å². The minimum absolute atomic E-state index is 0.341. The molecule has 0 atom stereocenters. The van der Waals surface area contributed by atoms with Gasteiger partial charge in [-0.2, -0.15) is 0 Å². The number of esters is 1. The van der Waals surface area contributed by atoms with Crippen LogP contribution in [0.3, 0.4) is 0 Å². The molecule has 0 aliphatic heterocycles. The van der Waals surface area contributed by atoms with Crippen LogP contribution in [0.2, 0.25) is 0 Å². The highest BCUT2D eigenvalue weighted by Gasteiger charge is 2.12. The third-order valence-corrected chi connectivity index (χ3v) is 7.95. The maximum absolute atomic E-state index is 11.4. The minimum Gasteiger partial charge on any atom is -0.466 e. The highest BCUT2D eigenvalue weighted by molar-refractivity contribution is 5.98. The van der Waals surface area contributed by atoms with Gasteiger partial charge in [0, 0.05) is 57.9 Å². The van der Waals surface area contributed by atoms with Gasteiger partial charge in [0.25, 0.3) is 0 Å². The molecule has 0 bridgehead atoms. The topological polar surface area (TPSA) is 53.2 Å². The van der Waals surface area contributed by atoms with Gasteiger partial charge in [0.2, 0.25) is 0 Å². The number of nitrogens with zero attached hydrogens (tertiary/aromatic N) is 2. The quantitative estimate of drug-likeness (QED) is 0.0976. The van der Waals surface area contributed by atoms with Gasteiger partial charge in [0.05, 0.1) is 7.11 Å². The Hall–Kier alpha value is -5.16. The molecule has 2 heterocycles. The molecule has 0 unspecified atom stereocenters. The van der Waals surface area contributed by atoms with Crippen molar-refractivity contribution in [3.05, 3.63) is 149 Å². The number of rotatable bonds is 9. The van der Waals surface area contributed by atoms with Gasteiger partial charge in [-0.05, 0) is 59.9 Å². The van der Waals surface area contributed by atoms with E-state index < -0.39 is 0 Å². The number of aromatic nitrogens is 2. The first-order valence-electron chi connectivity index (χ1n) is 15.1. The van der Waals surface area contributed by atoms with E-state index in [2.05, 4.69) is 101 Å². The van der Waals surface area contributed by atoms with E-state index in [0.29, 0.717) is 0 Å². The molecule has 44 heavy (non-hydrogen) atoms. The Bertz CT molecular complexity index is 1900. The molecule has 0 amide bonds. The molecule has 0 radical (unpaired) electrons. The van der Waals surface area contributed by atoms with Crippen molar-refractivity contribution in [2.75, 3.05) is 7.11 Å². The average Bonchev–Trinajstić information content (AvgIpc) is 3.62. The monoisotopic (exact) mass is 582 g/mol. The average molecular weight is 583 g/mol. The van der Waals surface area contributed by atoms with Crippen molar-refractivity contribution in [1.82, 2.24) is 9.13 Å². The predicted molar refractivity (Wildman–Crippen MR) is 180 cm³/mol. The molecular weight excluding hydrogens is 544 g/mol. The van der Waals surface area contributed by atoms with Gasteiger partial charge < -0.3 is 13.9 Å². The SMILES string of the molecule is CCc1cc2c(/C=C/C(=O)OC)cccc2n1Cc1ccccc1.CCc1cc2c(C=O)cccc2n1Cc1ccccc1. The largest absolute Gasteiger partial charge is 0.466 e. The summed E-state index contributed by atoms with van der Waals surface area (Å²) in [5, 5.41) is 2.21. The molecule has 0 aliphatic rings. The van der Waals surface area contributed by atoms with E-state index in [1.54, 1.807) is 0 Å². The Labute approximate surface area is 259 Å². The van der Waals surface area contributed by atoms with Crippen LogP contribution in [0.25, 0.3) is 27.9 Å². The highest BCUT2D eigenvalue weighted by Crippen LogP contribution is 2.27. The van der Waals surface area contributed by atoms with Gasteiger partial charge in [-0.25, -0.2) is 4.79 Å². The van der Waals surface area contributed by atoms with Gasteiger partial charge in [0.1, 0.15) is 0 Å². The van der Waals surface area contributed by atoms with Gasteiger partial charge >= 0.3 is 5.97 Å². The molecule has 0 saturated heterocycles. The Balaban J connectivity index is 0.000000177. The van der Waals surface area contributed by atoms with Crippen molar-refractivity contribution in [2.24, 2.45) is 0 Å². The summed E-state index contributed by atoms with van der Waals surface area (Å²) in [5.74, 6) is -0.341. The van der Waals surface area contributed by atoms with Crippen molar-refractivity contribution in [3.8, 4) is 0 Å². The van der Waals surface area contributed by atoms with Crippen LogP contribution >= 0.6 is 0 Å². The van der Waals surface area contributed by atoms with E-state index in [1.807, 2.05) is 42.5 Å². The minimum atomic E-state index is -0.341. The van der Waals surface area contributed by atoms with E-state index >= 15 is 0 Å². The van der Waals surface area contributed by atoms with Crippen LogP contribution in [-0.4, -0.2) is 28.5 Å².